The zero-order valence-electron chi connectivity index (χ0n) is 13.9. The third-order valence-corrected chi connectivity index (χ3v) is 5.18. The standard InChI is InChI=1S/C16H25N3O2S/c1-5-18(6-2)16(21)14-8-7-9-19(14)15(20)10-13-11(3)22-12(4)17-13/h14H,5-10H2,1-4H3/t14-/m1/s1. The smallest absolute Gasteiger partial charge is 0.245 e. The van der Waals surface area contributed by atoms with E-state index in [0.29, 0.717) is 26.1 Å². The minimum Gasteiger partial charge on any atom is -0.341 e. The Morgan fingerprint density at radius 2 is 2.00 bits per heavy atom. The molecule has 1 aliphatic rings. The van der Waals surface area contributed by atoms with Gasteiger partial charge in [0.15, 0.2) is 0 Å². The molecule has 0 unspecified atom stereocenters. The number of aryl methyl sites for hydroxylation is 2. The van der Waals surface area contributed by atoms with Crippen LogP contribution in [0.3, 0.4) is 0 Å². The first-order valence-electron chi connectivity index (χ1n) is 7.99. The molecule has 1 saturated heterocycles. The Hall–Kier alpha value is -1.43. The van der Waals surface area contributed by atoms with Crippen LogP contribution in [-0.4, -0.2) is 52.3 Å². The summed E-state index contributed by atoms with van der Waals surface area (Å²) in [6, 6.07) is -0.285. The fourth-order valence-corrected chi connectivity index (χ4v) is 3.88. The Morgan fingerprint density at radius 1 is 1.32 bits per heavy atom. The van der Waals surface area contributed by atoms with Crippen LogP contribution in [0.15, 0.2) is 0 Å². The van der Waals surface area contributed by atoms with Gasteiger partial charge in [0.05, 0.1) is 17.1 Å². The fourth-order valence-electron chi connectivity index (χ4n) is 3.05. The summed E-state index contributed by atoms with van der Waals surface area (Å²) in [4.78, 5) is 34.3. The number of thiazole rings is 1. The summed E-state index contributed by atoms with van der Waals surface area (Å²) in [5.41, 5.74) is 0.855. The third-order valence-electron chi connectivity index (χ3n) is 4.25. The molecule has 1 fully saturated rings. The van der Waals surface area contributed by atoms with E-state index in [1.165, 1.54) is 0 Å². The molecule has 2 amide bonds. The van der Waals surface area contributed by atoms with Gasteiger partial charge in [-0.1, -0.05) is 0 Å². The summed E-state index contributed by atoms with van der Waals surface area (Å²) in [5.74, 6) is 0.110. The van der Waals surface area contributed by atoms with Crippen LogP contribution < -0.4 is 0 Å². The molecular formula is C16H25N3O2S. The molecular weight excluding hydrogens is 298 g/mol. The summed E-state index contributed by atoms with van der Waals surface area (Å²) < 4.78 is 0. The second-order valence-corrected chi connectivity index (χ2v) is 7.08. The second-order valence-electron chi connectivity index (χ2n) is 5.67. The van der Waals surface area contributed by atoms with Crippen LogP contribution in [0, 0.1) is 13.8 Å². The average Bonchev–Trinajstić information content (AvgIpc) is 3.07. The van der Waals surface area contributed by atoms with Crippen LogP contribution in [0.5, 0.6) is 0 Å². The lowest BCUT2D eigenvalue weighted by Gasteiger charge is -2.29. The molecule has 1 aliphatic heterocycles. The first-order chi connectivity index (χ1) is 10.5. The van der Waals surface area contributed by atoms with Gasteiger partial charge in [0.2, 0.25) is 11.8 Å². The number of likely N-dealkylation sites (N-methyl/N-ethyl adjacent to an activating group) is 1. The van der Waals surface area contributed by atoms with Crippen molar-refractivity contribution >= 4 is 23.2 Å². The van der Waals surface area contributed by atoms with Crippen LogP contribution in [0.4, 0.5) is 0 Å². The van der Waals surface area contributed by atoms with E-state index >= 15 is 0 Å². The Kier molecular flexibility index (Phi) is 5.56. The quantitative estimate of drug-likeness (QED) is 0.834. The van der Waals surface area contributed by atoms with Gasteiger partial charge >= 0.3 is 0 Å². The molecule has 0 aliphatic carbocycles. The van der Waals surface area contributed by atoms with Crippen molar-refractivity contribution < 1.29 is 9.59 Å². The van der Waals surface area contributed by atoms with E-state index in [1.54, 1.807) is 16.2 Å². The molecule has 0 aromatic carbocycles. The van der Waals surface area contributed by atoms with Gasteiger partial charge in [-0.3, -0.25) is 9.59 Å². The number of hydrogen-bond acceptors (Lipinski definition) is 4. The van der Waals surface area contributed by atoms with Gasteiger partial charge in [0, 0.05) is 24.5 Å². The Bertz CT molecular complexity index is 552. The van der Waals surface area contributed by atoms with Gasteiger partial charge in [0.25, 0.3) is 0 Å². The molecule has 2 rings (SSSR count). The molecule has 2 heterocycles. The van der Waals surface area contributed by atoms with Crippen molar-refractivity contribution in [1.29, 1.82) is 0 Å². The summed E-state index contributed by atoms with van der Waals surface area (Å²) in [7, 11) is 0. The van der Waals surface area contributed by atoms with Gasteiger partial charge in [0.1, 0.15) is 6.04 Å². The number of amides is 2. The topological polar surface area (TPSA) is 53.5 Å². The first kappa shape index (κ1) is 16.9. The zero-order valence-corrected chi connectivity index (χ0v) is 14.7. The van der Waals surface area contributed by atoms with Gasteiger partial charge in [-0.05, 0) is 40.5 Å². The molecule has 5 nitrogen and oxygen atoms in total. The molecule has 22 heavy (non-hydrogen) atoms. The predicted octanol–water partition coefficient (Wildman–Crippen LogP) is 2.16. The lowest BCUT2D eigenvalue weighted by Crippen LogP contribution is -2.48. The maximum atomic E-state index is 12.6. The number of rotatable bonds is 5. The summed E-state index contributed by atoms with van der Waals surface area (Å²) in [6.07, 6.45) is 1.98. The second kappa shape index (κ2) is 7.22. The summed E-state index contributed by atoms with van der Waals surface area (Å²) in [5, 5.41) is 0.984. The molecule has 0 N–H and O–H groups in total. The SMILES string of the molecule is CCN(CC)C(=O)[C@H]1CCCN1C(=O)Cc1nc(C)sc1C. The van der Waals surface area contributed by atoms with E-state index in [2.05, 4.69) is 4.98 Å². The monoisotopic (exact) mass is 323 g/mol. The molecule has 0 spiro atoms. The number of carbonyl (C=O) groups is 2. The molecule has 1 aromatic heterocycles. The lowest BCUT2D eigenvalue weighted by atomic mass is 10.1. The van der Waals surface area contributed by atoms with E-state index in [4.69, 9.17) is 0 Å². The van der Waals surface area contributed by atoms with Crippen molar-refractivity contribution in [3.05, 3.63) is 15.6 Å². The van der Waals surface area contributed by atoms with Crippen LogP contribution in [-0.2, 0) is 16.0 Å². The molecule has 0 saturated carbocycles. The highest BCUT2D eigenvalue weighted by Crippen LogP contribution is 2.23. The number of carbonyl (C=O) groups excluding carboxylic acids is 2. The fraction of sp³-hybridized carbons (Fsp3) is 0.688. The van der Waals surface area contributed by atoms with Crippen molar-refractivity contribution in [1.82, 2.24) is 14.8 Å². The molecule has 122 valence electrons. The maximum absolute atomic E-state index is 12.6. The van der Waals surface area contributed by atoms with E-state index < -0.39 is 0 Å². The number of likely N-dealkylation sites (tertiary alicyclic amines) is 1. The van der Waals surface area contributed by atoms with Crippen molar-refractivity contribution in [2.24, 2.45) is 0 Å². The minimum absolute atomic E-state index is 0.0245. The van der Waals surface area contributed by atoms with Crippen LogP contribution in [0.1, 0.15) is 42.3 Å². The molecule has 1 atom stereocenters. The van der Waals surface area contributed by atoms with Crippen molar-refractivity contribution in [3.8, 4) is 0 Å². The normalized spacial score (nSPS) is 17.8. The molecule has 0 bridgehead atoms. The first-order valence-corrected chi connectivity index (χ1v) is 8.80. The summed E-state index contributed by atoms with van der Waals surface area (Å²) in [6.45, 7) is 9.97. The maximum Gasteiger partial charge on any atom is 0.245 e. The van der Waals surface area contributed by atoms with Crippen molar-refractivity contribution in [3.63, 3.8) is 0 Å². The van der Waals surface area contributed by atoms with Gasteiger partial charge in [-0.25, -0.2) is 4.98 Å². The Labute approximate surface area is 136 Å². The van der Waals surface area contributed by atoms with E-state index in [-0.39, 0.29) is 17.9 Å². The van der Waals surface area contributed by atoms with E-state index in [0.717, 1.165) is 28.4 Å². The predicted molar refractivity (Wildman–Crippen MR) is 88.0 cm³/mol. The molecule has 0 radical (unpaired) electrons. The largest absolute Gasteiger partial charge is 0.341 e. The van der Waals surface area contributed by atoms with Gasteiger partial charge in [-0.2, -0.15) is 0 Å². The molecule has 6 heteroatoms. The van der Waals surface area contributed by atoms with Gasteiger partial charge in [-0.15, -0.1) is 11.3 Å². The molecule has 1 aromatic rings. The third kappa shape index (κ3) is 3.48. The Balaban J connectivity index is 2.08. The van der Waals surface area contributed by atoms with Crippen LogP contribution in [0.25, 0.3) is 0 Å². The van der Waals surface area contributed by atoms with Crippen LogP contribution in [0.2, 0.25) is 0 Å². The van der Waals surface area contributed by atoms with E-state index in [1.807, 2.05) is 32.6 Å². The van der Waals surface area contributed by atoms with Crippen LogP contribution >= 0.6 is 11.3 Å². The number of nitrogens with zero attached hydrogens (tertiary/aromatic N) is 3. The van der Waals surface area contributed by atoms with Gasteiger partial charge < -0.3 is 9.80 Å². The van der Waals surface area contributed by atoms with Crippen molar-refractivity contribution in [2.75, 3.05) is 19.6 Å². The highest BCUT2D eigenvalue weighted by Gasteiger charge is 2.36. The van der Waals surface area contributed by atoms with E-state index in [9.17, 15) is 9.59 Å². The van der Waals surface area contributed by atoms with Crippen molar-refractivity contribution in [2.45, 2.75) is 53.0 Å². The lowest BCUT2D eigenvalue weighted by molar-refractivity contribution is -0.143. The minimum atomic E-state index is -0.285. The number of aromatic nitrogens is 1. The Morgan fingerprint density at radius 3 is 2.55 bits per heavy atom. The number of hydrogen-bond donors (Lipinski definition) is 0. The highest BCUT2D eigenvalue weighted by atomic mass is 32.1. The highest BCUT2D eigenvalue weighted by molar-refractivity contribution is 7.11. The average molecular weight is 323 g/mol. The summed E-state index contributed by atoms with van der Waals surface area (Å²) >= 11 is 1.62. The zero-order chi connectivity index (χ0) is 16.3.